The Balaban J connectivity index is 1.65. The van der Waals surface area contributed by atoms with Crippen LogP contribution in [-0.4, -0.2) is 76.6 Å². The van der Waals surface area contributed by atoms with Gasteiger partial charge in [-0.2, -0.15) is 4.98 Å². The number of nitrogens with zero attached hydrogens (tertiary/aromatic N) is 5. The van der Waals surface area contributed by atoms with Gasteiger partial charge in [-0.3, -0.25) is 14.4 Å². The number of amides is 3. The first-order valence-corrected chi connectivity index (χ1v) is 10.9. The second kappa shape index (κ2) is 11.4. The molecule has 3 rings (SSSR count). The number of benzene rings is 1. The molecule has 182 valence electrons. The summed E-state index contributed by atoms with van der Waals surface area (Å²) in [5.74, 6) is -0.672. The van der Waals surface area contributed by atoms with Crippen molar-refractivity contribution in [1.29, 1.82) is 0 Å². The molecular weight excluding hydrogens is 442 g/mol. The molecule has 1 aliphatic carbocycles. The largest absolute Gasteiger partial charge is 0.495 e. The minimum atomic E-state index is -0.751. The van der Waals surface area contributed by atoms with Crippen LogP contribution in [0.4, 0.5) is 5.69 Å². The number of anilines is 1. The van der Waals surface area contributed by atoms with Gasteiger partial charge in [-0.05, 0) is 30.9 Å². The van der Waals surface area contributed by atoms with E-state index < -0.39 is 11.8 Å². The molecule has 1 saturated carbocycles. The Bertz CT molecular complexity index is 1030. The maximum Gasteiger partial charge on any atom is 0.316 e. The zero-order valence-electron chi connectivity index (χ0n) is 19.3. The third kappa shape index (κ3) is 6.19. The highest BCUT2D eigenvalue weighted by Crippen LogP contribution is 2.29. The zero-order chi connectivity index (χ0) is 24.7. The van der Waals surface area contributed by atoms with Gasteiger partial charge in [0.05, 0.1) is 25.8 Å². The molecule has 0 atom stereocenters. The Labute approximate surface area is 197 Å². The fraction of sp³-hybridized carbons (Fsp3) is 0.435. The number of carbonyl (C=O) groups is 3. The SMILES string of the molecule is C=CN(Cc1nc(CC(=O)N(CCO)c2ccccc2OC)no1)C(=O)C(=O)N(C)CC1CC1. The van der Waals surface area contributed by atoms with E-state index in [1.165, 1.54) is 23.1 Å². The van der Waals surface area contributed by atoms with E-state index in [0.717, 1.165) is 17.7 Å². The number of hydrogen-bond donors (Lipinski definition) is 1. The quantitative estimate of drug-likeness (QED) is 0.480. The Morgan fingerprint density at radius 1 is 1.26 bits per heavy atom. The maximum absolute atomic E-state index is 12.9. The highest BCUT2D eigenvalue weighted by Gasteiger charge is 2.30. The van der Waals surface area contributed by atoms with Crippen molar-refractivity contribution in [2.75, 3.05) is 38.8 Å². The molecule has 0 unspecified atom stereocenters. The van der Waals surface area contributed by atoms with E-state index in [-0.39, 0.29) is 43.7 Å². The van der Waals surface area contributed by atoms with Crippen LogP contribution in [0.25, 0.3) is 0 Å². The van der Waals surface area contributed by atoms with Crippen molar-refractivity contribution >= 4 is 23.4 Å². The first-order valence-electron chi connectivity index (χ1n) is 10.9. The van der Waals surface area contributed by atoms with Crippen LogP contribution >= 0.6 is 0 Å². The molecule has 11 nitrogen and oxygen atoms in total. The minimum absolute atomic E-state index is 0.0547. The van der Waals surface area contributed by atoms with Gasteiger partial charge in [-0.25, -0.2) is 0 Å². The number of aliphatic hydroxyl groups excluding tert-OH is 1. The number of rotatable bonds is 11. The monoisotopic (exact) mass is 471 g/mol. The first-order chi connectivity index (χ1) is 16.4. The average molecular weight is 472 g/mol. The predicted octanol–water partition coefficient (Wildman–Crippen LogP) is 0.987. The second-order valence-electron chi connectivity index (χ2n) is 7.97. The van der Waals surface area contributed by atoms with Crippen LogP contribution in [0.3, 0.4) is 0 Å². The molecule has 1 aliphatic rings. The van der Waals surface area contributed by atoms with Crippen molar-refractivity contribution in [3.05, 3.63) is 48.8 Å². The van der Waals surface area contributed by atoms with Gasteiger partial charge in [-0.15, -0.1) is 0 Å². The van der Waals surface area contributed by atoms with Crippen molar-refractivity contribution in [3.8, 4) is 5.75 Å². The van der Waals surface area contributed by atoms with Crippen molar-refractivity contribution in [2.45, 2.75) is 25.8 Å². The third-order valence-electron chi connectivity index (χ3n) is 5.37. The molecule has 1 fully saturated rings. The van der Waals surface area contributed by atoms with Crippen LogP contribution in [0.1, 0.15) is 24.6 Å². The topological polar surface area (TPSA) is 129 Å². The lowest BCUT2D eigenvalue weighted by molar-refractivity contribution is -0.150. The molecule has 1 N–H and O–H groups in total. The number of aliphatic hydroxyl groups is 1. The van der Waals surface area contributed by atoms with Crippen molar-refractivity contribution in [1.82, 2.24) is 19.9 Å². The standard InChI is InChI=1S/C23H29N5O6/c1-4-27(23(32)22(31)26(2)14-16-9-10-16)15-20-24-19(25-34-20)13-21(30)28(11-12-29)17-7-5-6-8-18(17)33-3/h4-8,16,29H,1,9-15H2,2-3H3. The molecule has 1 heterocycles. The number of methoxy groups -OCH3 is 1. The summed E-state index contributed by atoms with van der Waals surface area (Å²) in [7, 11) is 3.09. The molecule has 0 saturated heterocycles. The van der Waals surface area contributed by atoms with Crippen LogP contribution in [0.5, 0.6) is 5.75 Å². The fourth-order valence-corrected chi connectivity index (χ4v) is 3.41. The summed E-state index contributed by atoms with van der Waals surface area (Å²) in [4.78, 5) is 46.0. The van der Waals surface area contributed by atoms with Crippen LogP contribution in [0.2, 0.25) is 0 Å². The third-order valence-corrected chi connectivity index (χ3v) is 5.37. The van der Waals surface area contributed by atoms with Crippen molar-refractivity contribution in [3.63, 3.8) is 0 Å². The van der Waals surface area contributed by atoms with Crippen LogP contribution in [0, 0.1) is 5.92 Å². The lowest BCUT2D eigenvalue weighted by Gasteiger charge is -2.23. The highest BCUT2D eigenvalue weighted by molar-refractivity contribution is 6.35. The lowest BCUT2D eigenvalue weighted by Crippen LogP contribution is -2.42. The van der Waals surface area contributed by atoms with Gasteiger partial charge in [0.1, 0.15) is 12.3 Å². The number of carbonyl (C=O) groups excluding carboxylic acids is 3. The van der Waals surface area contributed by atoms with E-state index in [1.807, 2.05) is 0 Å². The molecule has 0 radical (unpaired) electrons. The Morgan fingerprint density at radius 3 is 2.65 bits per heavy atom. The van der Waals surface area contributed by atoms with Crippen LogP contribution in [0.15, 0.2) is 41.6 Å². The number of hydrogen-bond acceptors (Lipinski definition) is 8. The van der Waals surface area contributed by atoms with E-state index >= 15 is 0 Å². The summed E-state index contributed by atoms with van der Waals surface area (Å²) < 4.78 is 10.5. The zero-order valence-corrected chi connectivity index (χ0v) is 19.3. The van der Waals surface area contributed by atoms with E-state index in [1.54, 1.807) is 31.3 Å². The van der Waals surface area contributed by atoms with Gasteiger partial charge in [0.25, 0.3) is 0 Å². The number of ether oxygens (including phenoxy) is 1. The minimum Gasteiger partial charge on any atom is -0.495 e. The summed E-state index contributed by atoms with van der Waals surface area (Å²) in [6, 6.07) is 6.95. The summed E-state index contributed by atoms with van der Waals surface area (Å²) in [6.07, 6.45) is 3.15. The number of para-hydroxylation sites is 2. The van der Waals surface area contributed by atoms with Gasteiger partial charge in [0.2, 0.25) is 11.8 Å². The maximum atomic E-state index is 12.9. The molecule has 0 bridgehead atoms. The van der Waals surface area contributed by atoms with E-state index in [9.17, 15) is 19.5 Å². The molecule has 2 aromatic rings. The summed E-state index contributed by atoms with van der Waals surface area (Å²) >= 11 is 0. The van der Waals surface area contributed by atoms with Gasteiger partial charge < -0.3 is 29.1 Å². The fourth-order valence-electron chi connectivity index (χ4n) is 3.41. The summed E-state index contributed by atoms with van der Waals surface area (Å²) in [5, 5.41) is 13.2. The Morgan fingerprint density at radius 2 is 2.00 bits per heavy atom. The smallest absolute Gasteiger partial charge is 0.316 e. The van der Waals surface area contributed by atoms with E-state index in [0.29, 0.717) is 23.9 Å². The van der Waals surface area contributed by atoms with Gasteiger partial charge in [-0.1, -0.05) is 23.9 Å². The normalized spacial score (nSPS) is 12.7. The number of aromatic nitrogens is 2. The Kier molecular flexibility index (Phi) is 8.36. The molecule has 3 amide bonds. The average Bonchev–Trinajstić information content (AvgIpc) is 3.56. The number of likely N-dealkylation sites (N-methyl/N-ethyl adjacent to an activating group) is 1. The predicted molar refractivity (Wildman–Crippen MR) is 122 cm³/mol. The van der Waals surface area contributed by atoms with Crippen LogP contribution < -0.4 is 9.64 Å². The summed E-state index contributed by atoms with van der Waals surface area (Å²) in [5.41, 5.74) is 0.505. The van der Waals surface area contributed by atoms with Gasteiger partial charge in [0.15, 0.2) is 5.82 Å². The molecule has 1 aromatic heterocycles. The van der Waals surface area contributed by atoms with Gasteiger partial charge in [0, 0.05) is 26.3 Å². The molecule has 1 aromatic carbocycles. The lowest BCUT2D eigenvalue weighted by atomic mass is 10.2. The summed E-state index contributed by atoms with van der Waals surface area (Å²) in [6.45, 7) is 3.78. The van der Waals surface area contributed by atoms with E-state index in [4.69, 9.17) is 9.26 Å². The first kappa shape index (κ1) is 24.9. The molecule has 34 heavy (non-hydrogen) atoms. The van der Waals surface area contributed by atoms with Gasteiger partial charge >= 0.3 is 11.8 Å². The molecule has 11 heteroatoms. The van der Waals surface area contributed by atoms with Crippen molar-refractivity contribution in [2.24, 2.45) is 5.92 Å². The highest BCUT2D eigenvalue weighted by atomic mass is 16.5. The molecular formula is C23H29N5O6. The second-order valence-corrected chi connectivity index (χ2v) is 7.97. The molecule has 0 spiro atoms. The molecule has 0 aliphatic heterocycles. The Hall–Kier alpha value is -3.73. The van der Waals surface area contributed by atoms with Crippen molar-refractivity contribution < 1.29 is 28.8 Å². The van der Waals surface area contributed by atoms with E-state index in [2.05, 4.69) is 16.7 Å². The van der Waals surface area contributed by atoms with Crippen LogP contribution in [-0.2, 0) is 27.3 Å².